The highest BCUT2D eigenvalue weighted by Gasteiger charge is 2.40. The van der Waals surface area contributed by atoms with E-state index in [0.29, 0.717) is 24.2 Å². The Morgan fingerprint density at radius 2 is 2.04 bits per heavy atom. The van der Waals surface area contributed by atoms with Gasteiger partial charge in [0, 0.05) is 12.3 Å². The Morgan fingerprint density at radius 3 is 2.75 bits per heavy atom. The van der Waals surface area contributed by atoms with Gasteiger partial charge in [-0.1, -0.05) is 32.1 Å². The molecule has 0 saturated carbocycles. The van der Waals surface area contributed by atoms with Crippen LogP contribution >= 0.6 is 0 Å². The van der Waals surface area contributed by atoms with Gasteiger partial charge in [0.1, 0.15) is 6.10 Å². The molecule has 1 unspecified atom stereocenters. The zero-order valence-electron chi connectivity index (χ0n) is 14.7. The maximum atomic E-state index is 11.5. The minimum atomic E-state index is -0.568. The highest BCUT2D eigenvalue weighted by atomic mass is 16.5. The van der Waals surface area contributed by atoms with Crippen LogP contribution in [-0.4, -0.2) is 34.5 Å². The summed E-state index contributed by atoms with van der Waals surface area (Å²) in [6.07, 6.45) is 9.98. The van der Waals surface area contributed by atoms with Gasteiger partial charge in [-0.25, -0.2) is 0 Å². The molecule has 0 aromatic carbocycles. The SMILES string of the molecule is CCC1C=CC2=C[C@H](C)C[C@H](O)[C@@H]2[C@H]1CC[C@@H]1C[C@@H](O)CC(=O)O1. The highest BCUT2D eigenvalue weighted by Crippen LogP contribution is 2.45. The highest BCUT2D eigenvalue weighted by molar-refractivity contribution is 5.70. The zero-order valence-corrected chi connectivity index (χ0v) is 14.7. The van der Waals surface area contributed by atoms with Gasteiger partial charge in [-0.15, -0.1) is 0 Å². The monoisotopic (exact) mass is 334 g/mol. The van der Waals surface area contributed by atoms with Gasteiger partial charge in [0.2, 0.25) is 0 Å². The number of hydrogen-bond donors (Lipinski definition) is 2. The van der Waals surface area contributed by atoms with E-state index in [2.05, 4.69) is 32.1 Å². The van der Waals surface area contributed by atoms with Gasteiger partial charge < -0.3 is 14.9 Å². The number of hydrogen-bond acceptors (Lipinski definition) is 4. The molecule has 24 heavy (non-hydrogen) atoms. The van der Waals surface area contributed by atoms with E-state index in [1.165, 1.54) is 5.57 Å². The molecule has 2 N–H and O–H groups in total. The average molecular weight is 334 g/mol. The lowest BCUT2D eigenvalue weighted by Crippen LogP contribution is -2.40. The van der Waals surface area contributed by atoms with Crippen molar-refractivity contribution in [3.05, 3.63) is 23.8 Å². The second kappa shape index (κ2) is 7.40. The van der Waals surface area contributed by atoms with Crippen LogP contribution in [0.3, 0.4) is 0 Å². The first kappa shape index (κ1) is 17.7. The molecule has 0 aromatic heterocycles. The van der Waals surface area contributed by atoms with E-state index in [9.17, 15) is 15.0 Å². The summed E-state index contributed by atoms with van der Waals surface area (Å²) in [4.78, 5) is 11.5. The molecule has 1 heterocycles. The van der Waals surface area contributed by atoms with Gasteiger partial charge in [0.15, 0.2) is 0 Å². The van der Waals surface area contributed by atoms with Gasteiger partial charge in [-0.3, -0.25) is 4.79 Å². The van der Waals surface area contributed by atoms with Crippen molar-refractivity contribution in [2.75, 3.05) is 0 Å². The van der Waals surface area contributed by atoms with E-state index in [1.807, 2.05) is 0 Å². The van der Waals surface area contributed by atoms with Crippen LogP contribution in [0.15, 0.2) is 23.8 Å². The number of aliphatic hydroxyl groups is 2. The largest absolute Gasteiger partial charge is 0.462 e. The Bertz CT molecular complexity index is 524. The molecular formula is C20H30O4. The van der Waals surface area contributed by atoms with Crippen molar-refractivity contribution in [3.63, 3.8) is 0 Å². The molecule has 1 saturated heterocycles. The summed E-state index contributed by atoms with van der Waals surface area (Å²) in [6.45, 7) is 4.35. The van der Waals surface area contributed by atoms with E-state index < -0.39 is 6.10 Å². The Kier molecular flexibility index (Phi) is 5.46. The average Bonchev–Trinajstić information content (AvgIpc) is 2.51. The standard InChI is InChI=1S/C20H30O4/c1-3-13-4-5-14-8-12(2)9-18(22)20(14)17(13)7-6-16-10-15(21)11-19(23)24-16/h4-5,8,12-13,15-18,20-22H,3,6-7,9-11H2,1-2H3/t12-,13?,15+,16+,17-,18-,20-/m0/s1. The number of allylic oxidation sites excluding steroid dienone is 3. The molecule has 7 atom stereocenters. The second-order valence-corrected chi connectivity index (χ2v) is 7.85. The normalized spacial score (nSPS) is 42.2. The molecule has 4 heteroatoms. The van der Waals surface area contributed by atoms with Gasteiger partial charge >= 0.3 is 5.97 Å². The summed E-state index contributed by atoms with van der Waals surface area (Å²) >= 11 is 0. The molecular weight excluding hydrogens is 304 g/mol. The number of aliphatic hydroxyl groups excluding tert-OH is 2. The molecule has 0 bridgehead atoms. The van der Waals surface area contributed by atoms with Crippen molar-refractivity contribution in [2.24, 2.45) is 23.7 Å². The first-order valence-corrected chi connectivity index (χ1v) is 9.43. The summed E-state index contributed by atoms with van der Waals surface area (Å²) < 4.78 is 5.40. The Labute approximate surface area is 144 Å². The van der Waals surface area contributed by atoms with Crippen LogP contribution in [0.4, 0.5) is 0 Å². The zero-order chi connectivity index (χ0) is 17.3. The first-order chi connectivity index (χ1) is 11.5. The molecule has 0 spiro atoms. The topological polar surface area (TPSA) is 66.8 Å². The third-order valence-electron chi connectivity index (χ3n) is 5.97. The lowest BCUT2D eigenvalue weighted by atomic mass is 9.64. The molecule has 1 fully saturated rings. The van der Waals surface area contributed by atoms with Crippen LogP contribution in [-0.2, 0) is 9.53 Å². The number of cyclic esters (lactones) is 1. The first-order valence-electron chi connectivity index (χ1n) is 9.43. The summed E-state index contributed by atoms with van der Waals surface area (Å²) in [7, 11) is 0. The van der Waals surface area contributed by atoms with E-state index in [4.69, 9.17) is 4.74 Å². The van der Waals surface area contributed by atoms with Crippen LogP contribution in [0.5, 0.6) is 0 Å². The van der Waals surface area contributed by atoms with Crippen molar-refractivity contribution in [3.8, 4) is 0 Å². The van der Waals surface area contributed by atoms with Crippen LogP contribution in [0.1, 0.15) is 52.4 Å². The number of ether oxygens (including phenoxy) is 1. The van der Waals surface area contributed by atoms with Crippen molar-refractivity contribution in [2.45, 2.75) is 70.7 Å². The summed E-state index contributed by atoms with van der Waals surface area (Å²) in [5.74, 6) is 1.16. The van der Waals surface area contributed by atoms with Crippen molar-refractivity contribution in [1.29, 1.82) is 0 Å². The van der Waals surface area contributed by atoms with E-state index in [0.717, 1.165) is 25.7 Å². The fourth-order valence-electron chi connectivity index (χ4n) is 4.85. The van der Waals surface area contributed by atoms with E-state index in [1.54, 1.807) is 0 Å². The smallest absolute Gasteiger partial charge is 0.308 e. The quantitative estimate of drug-likeness (QED) is 0.776. The Morgan fingerprint density at radius 1 is 1.25 bits per heavy atom. The molecule has 3 aliphatic rings. The third kappa shape index (κ3) is 3.75. The maximum Gasteiger partial charge on any atom is 0.308 e. The maximum absolute atomic E-state index is 11.5. The predicted molar refractivity (Wildman–Crippen MR) is 92.1 cm³/mol. The van der Waals surface area contributed by atoms with Crippen LogP contribution in [0, 0.1) is 23.7 Å². The summed E-state index contributed by atoms with van der Waals surface area (Å²) in [5, 5.41) is 20.5. The minimum Gasteiger partial charge on any atom is -0.462 e. The Hall–Kier alpha value is -1.13. The third-order valence-corrected chi connectivity index (χ3v) is 5.97. The molecule has 2 aliphatic carbocycles. The molecule has 4 nitrogen and oxygen atoms in total. The molecule has 0 radical (unpaired) electrons. The minimum absolute atomic E-state index is 0.117. The van der Waals surface area contributed by atoms with Crippen molar-refractivity contribution >= 4 is 5.97 Å². The molecule has 3 rings (SSSR count). The number of fused-ring (bicyclic) bond motifs is 1. The molecule has 1 aliphatic heterocycles. The fourth-order valence-corrected chi connectivity index (χ4v) is 4.85. The van der Waals surface area contributed by atoms with Crippen LogP contribution in [0.25, 0.3) is 0 Å². The molecule has 0 amide bonds. The van der Waals surface area contributed by atoms with Crippen LogP contribution in [0.2, 0.25) is 0 Å². The number of esters is 1. The van der Waals surface area contributed by atoms with Gasteiger partial charge in [-0.2, -0.15) is 0 Å². The fraction of sp³-hybridized carbons (Fsp3) is 0.750. The van der Waals surface area contributed by atoms with Crippen molar-refractivity contribution < 1.29 is 19.7 Å². The molecule has 0 aromatic rings. The van der Waals surface area contributed by atoms with E-state index >= 15 is 0 Å². The van der Waals surface area contributed by atoms with Crippen molar-refractivity contribution in [1.82, 2.24) is 0 Å². The number of rotatable bonds is 4. The molecule has 134 valence electrons. The summed E-state index contributed by atoms with van der Waals surface area (Å²) in [6, 6.07) is 0. The lowest BCUT2D eigenvalue weighted by molar-refractivity contribution is -0.160. The van der Waals surface area contributed by atoms with Gasteiger partial charge in [0.05, 0.1) is 18.6 Å². The van der Waals surface area contributed by atoms with Gasteiger partial charge in [0.25, 0.3) is 0 Å². The second-order valence-electron chi connectivity index (χ2n) is 7.85. The number of carbonyl (C=O) groups excluding carboxylic acids is 1. The van der Waals surface area contributed by atoms with Crippen LogP contribution < -0.4 is 0 Å². The van der Waals surface area contributed by atoms with E-state index in [-0.39, 0.29) is 30.5 Å². The predicted octanol–water partition coefficient (Wildman–Crippen LogP) is 2.99. The summed E-state index contributed by atoms with van der Waals surface area (Å²) in [5.41, 5.74) is 1.27. The lowest BCUT2D eigenvalue weighted by Gasteiger charge is -2.42. The Balaban J connectivity index is 1.71. The number of carbonyl (C=O) groups is 1. The van der Waals surface area contributed by atoms with Gasteiger partial charge in [-0.05, 0) is 49.0 Å².